The van der Waals surface area contributed by atoms with E-state index < -0.39 is 17.8 Å². The lowest BCUT2D eigenvalue weighted by Gasteiger charge is -2.10. The van der Waals surface area contributed by atoms with Crippen LogP contribution >= 0.6 is 11.6 Å². The third kappa shape index (κ3) is 7.05. The second kappa shape index (κ2) is 12.2. The molecule has 0 saturated heterocycles. The van der Waals surface area contributed by atoms with E-state index in [1.54, 1.807) is 60.7 Å². The van der Waals surface area contributed by atoms with Crippen LogP contribution in [-0.4, -0.2) is 37.7 Å². The van der Waals surface area contributed by atoms with Gasteiger partial charge in [0.25, 0.3) is 0 Å². The van der Waals surface area contributed by atoms with Crippen LogP contribution in [0.3, 0.4) is 0 Å². The van der Waals surface area contributed by atoms with Gasteiger partial charge in [-0.1, -0.05) is 23.7 Å². The Morgan fingerprint density at radius 1 is 0.971 bits per heavy atom. The molecule has 0 aliphatic rings. The molecule has 180 valence electrons. The van der Waals surface area contributed by atoms with Gasteiger partial charge in [-0.25, -0.2) is 10.2 Å². The summed E-state index contributed by atoms with van der Waals surface area (Å²) in [5.41, 5.74) is 3.32. The monoisotopic (exact) mass is 495 g/mol. The number of rotatable bonds is 8. The van der Waals surface area contributed by atoms with Crippen LogP contribution in [0, 0.1) is 0 Å². The third-order valence-electron chi connectivity index (χ3n) is 4.49. The maximum atomic E-state index is 12.4. The minimum absolute atomic E-state index is 0.174. The Morgan fingerprint density at radius 2 is 1.71 bits per heavy atom. The summed E-state index contributed by atoms with van der Waals surface area (Å²) in [4.78, 5) is 36.5. The van der Waals surface area contributed by atoms with E-state index in [0.29, 0.717) is 23.6 Å². The van der Waals surface area contributed by atoms with Crippen LogP contribution in [0.2, 0.25) is 5.02 Å². The lowest BCUT2D eigenvalue weighted by molar-refractivity contribution is -0.136. The molecule has 0 aliphatic heterocycles. The number of hydrogen-bond donors (Lipinski definition) is 2. The van der Waals surface area contributed by atoms with Gasteiger partial charge in [0, 0.05) is 5.69 Å². The number of nitrogens with one attached hydrogen (secondary N) is 2. The van der Waals surface area contributed by atoms with Crippen molar-refractivity contribution < 1.29 is 28.6 Å². The molecule has 0 unspecified atom stereocenters. The van der Waals surface area contributed by atoms with Gasteiger partial charge in [0.2, 0.25) is 0 Å². The van der Waals surface area contributed by atoms with Crippen LogP contribution in [0.25, 0.3) is 0 Å². The second-order valence-electron chi connectivity index (χ2n) is 6.89. The summed E-state index contributed by atoms with van der Waals surface area (Å²) in [6.07, 6.45) is 1.31. The number of methoxy groups -OCH3 is 1. The molecule has 35 heavy (non-hydrogen) atoms. The Kier molecular flexibility index (Phi) is 8.80. The standard InChI is InChI=1S/C25H22ClN3O6/c1-3-34-18-11-9-17(10-12-18)28-23(30)24(31)29-27-15-16-8-13-21(22(14-16)33-2)35-25(32)19-6-4-5-7-20(19)26/h4-15H,3H2,1-2H3,(H,28,30)(H,29,31). The molecule has 0 radical (unpaired) electrons. The highest BCUT2D eigenvalue weighted by Crippen LogP contribution is 2.29. The molecular weight excluding hydrogens is 474 g/mol. The van der Waals surface area contributed by atoms with E-state index in [1.165, 1.54) is 19.4 Å². The highest BCUT2D eigenvalue weighted by atomic mass is 35.5. The van der Waals surface area contributed by atoms with Crippen molar-refractivity contribution in [3.8, 4) is 17.2 Å². The SMILES string of the molecule is CCOc1ccc(NC(=O)C(=O)NN=Cc2ccc(OC(=O)c3ccccc3Cl)c(OC)c2)cc1. The average molecular weight is 496 g/mol. The highest BCUT2D eigenvalue weighted by Gasteiger charge is 2.16. The molecule has 9 nitrogen and oxygen atoms in total. The van der Waals surface area contributed by atoms with Crippen molar-refractivity contribution in [3.05, 3.63) is 82.9 Å². The Hall–Kier alpha value is -4.37. The van der Waals surface area contributed by atoms with E-state index in [2.05, 4.69) is 15.8 Å². The van der Waals surface area contributed by atoms with Crippen LogP contribution in [0.1, 0.15) is 22.8 Å². The summed E-state index contributed by atoms with van der Waals surface area (Å²) in [7, 11) is 1.41. The van der Waals surface area contributed by atoms with Gasteiger partial charge in [-0.15, -0.1) is 0 Å². The van der Waals surface area contributed by atoms with E-state index >= 15 is 0 Å². The van der Waals surface area contributed by atoms with Crippen molar-refractivity contribution in [1.29, 1.82) is 0 Å². The Balaban J connectivity index is 1.58. The molecule has 0 fully saturated rings. The number of hydrogen-bond acceptors (Lipinski definition) is 7. The summed E-state index contributed by atoms with van der Waals surface area (Å²) in [6, 6.07) is 17.7. The molecule has 3 aromatic rings. The molecule has 0 aliphatic carbocycles. The lowest BCUT2D eigenvalue weighted by Crippen LogP contribution is -2.32. The smallest absolute Gasteiger partial charge is 0.345 e. The van der Waals surface area contributed by atoms with Crippen molar-refractivity contribution in [2.45, 2.75) is 6.92 Å². The third-order valence-corrected chi connectivity index (χ3v) is 4.82. The highest BCUT2D eigenvalue weighted by molar-refractivity contribution is 6.39. The summed E-state index contributed by atoms with van der Waals surface area (Å²) in [5.74, 6) is -1.39. The maximum absolute atomic E-state index is 12.4. The number of benzene rings is 3. The summed E-state index contributed by atoms with van der Waals surface area (Å²) < 4.78 is 16.0. The first-order chi connectivity index (χ1) is 16.9. The van der Waals surface area contributed by atoms with E-state index in [4.69, 9.17) is 25.8 Å². The number of amides is 2. The Morgan fingerprint density at radius 3 is 2.40 bits per heavy atom. The van der Waals surface area contributed by atoms with Crippen molar-refractivity contribution in [1.82, 2.24) is 5.43 Å². The first kappa shape index (κ1) is 25.3. The van der Waals surface area contributed by atoms with E-state index in [1.807, 2.05) is 6.92 Å². The second-order valence-corrected chi connectivity index (χ2v) is 7.30. The van der Waals surface area contributed by atoms with E-state index in [-0.39, 0.29) is 22.1 Å². The first-order valence-electron chi connectivity index (χ1n) is 10.4. The van der Waals surface area contributed by atoms with Crippen molar-refractivity contribution in [2.75, 3.05) is 19.0 Å². The van der Waals surface area contributed by atoms with Gasteiger partial charge in [-0.2, -0.15) is 5.10 Å². The number of anilines is 1. The van der Waals surface area contributed by atoms with Gasteiger partial charge >= 0.3 is 17.8 Å². The molecule has 2 N–H and O–H groups in total. The molecular formula is C25H22ClN3O6. The number of carbonyl (C=O) groups is 3. The molecule has 0 heterocycles. The normalized spacial score (nSPS) is 10.5. The summed E-state index contributed by atoms with van der Waals surface area (Å²) in [6.45, 7) is 2.39. The van der Waals surface area contributed by atoms with Gasteiger partial charge in [0.05, 0.1) is 30.5 Å². The lowest BCUT2D eigenvalue weighted by atomic mass is 10.2. The van der Waals surface area contributed by atoms with Crippen LogP contribution in [-0.2, 0) is 9.59 Å². The average Bonchev–Trinajstić information content (AvgIpc) is 2.86. The zero-order chi connectivity index (χ0) is 25.2. The minimum Gasteiger partial charge on any atom is -0.494 e. The van der Waals surface area contributed by atoms with Gasteiger partial charge in [0.1, 0.15) is 5.75 Å². The number of carbonyl (C=O) groups excluding carboxylic acids is 3. The molecule has 10 heteroatoms. The van der Waals surface area contributed by atoms with E-state index in [0.717, 1.165) is 0 Å². The Bertz CT molecular complexity index is 1240. The Labute approximate surface area is 206 Å². The quantitative estimate of drug-likeness (QED) is 0.160. The summed E-state index contributed by atoms with van der Waals surface area (Å²) in [5, 5.41) is 6.51. The topological polar surface area (TPSA) is 115 Å². The molecule has 0 bridgehead atoms. The maximum Gasteiger partial charge on any atom is 0.345 e. The fourth-order valence-electron chi connectivity index (χ4n) is 2.84. The predicted octanol–water partition coefficient (Wildman–Crippen LogP) is 4.06. The van der Waals surface area contributed by atoms with Crippen LogP contribution in [0.5, 0.6) is 17.2 Å². The molecule has 0 atom stereocenters. The van der Waals surface area contributed by atoms with Gasteiger partial charge in [-0.3, -0.25) is 9.59 Å². The molecule has 3 aromatic carbocycles. The van der Waals surface area contributed by atoms with Crippen LogP contribution < -0.4 is 25.0 Å². The predicted molar refractivity (Wildman–Crippen MR) is 131 cm³/mol. The van der Waals surface area contributed by atoms with Crippen LogP contribution in [0.4, 0.5) is 5.69 Å². The zero-order valence-corrected chi connectivity index (χ0v) is 19.7. The fourth-order valence-corrected chi connectivity index (χ4v) is 3.05. The van der Waals surface area contributed by atoms with Gasteiger partial charge < -0.3 is 19.5 Å². The number of halogens is 1. The number of ether oxygens (including phenoxy) is 3. The molecule has 0 spiro atoms. The van der Waals surface area contributed by atoms with Gasteiger partial charge in [-0.05, 0) is 67.1 Å². The first-order valence-corrected chi connectivity index (χ1v) is 10.8. The zero-order valence-electron chi connectivity index (χ0n) is 18.9. The number of esters is 1. The largest absolute Gasteiger partial charge is 0.494 e. The molecule has 2 amide bonds. The van der Waals surface area contributed by atoms with Crippen molar-refractivity contribution in [2.24, 2.45) is 5.10 Å². The summed E-state index contributed by atoms with van der Waals surface area (Å²) >= 11 is 6.03. The molecule has 0 aromatic heterocycles. The van der Waals surface area contributed by atoms with E-state index in [9.17, 15) is 14.4 Å². The molecule has 3 rings (SSSR count). The fraction of sp³-hybridized carbons (Fsp3) is 0.120. The number of nitrogens with zero attached hydrogens (tertiary/aromatic N) is 1. The van der Waals surface area contributed by atoms with Crippen LogP contribution in [0.15, 0.2) is 71.8 Å². The minimum atomic E-state index is -0.951. The van der Waals surface area contributed by atoms with Crippen molar-refractivity contribution >= 4 is 41.3 Å². The number of hydrazone groups is 1. The van der Waals surface area contributed by atoms with Crippen molar-refractivity contribution in [3.63, 3.8) is 0 Å². The molecule has 0 saturated carbocycles. The van der Waals surface area contributed by atoms with Gasteiger partial charge in [0.15, 0.2) is 11.5 Å².